The quantitative estimate of drug-likeness (QED) is 0.362. The van der Waals surface area contributed by atoms with Crippen LogP contribution in [0.4, 0.5) is 0 Å². The van der Waals surface area contributed by atoms with Crippen LogP contribution in [0.2, 0.25) is 0 Å². The molecule has 0 radical (unpaired) electrons. The van der Waals surface area contributed by atoms with E-state index in [0.29, 0.717) is 6.04 Å². The Morgan fingerprint density at radius 2 is 1.55 bits per heavy atom. The molecule has 29 heavy (non-hydrogen) atoms. The molecule has 0 amide bonds. The number of para-hydroxylation sites is 1. The summed E-state index contributed by atoms with van der Waals surface area (Å²) in [6.45, 7) is 6.23. The Hall–Kier alpha value is -2.84. The minimum atomic E-state index is 0.389. The highest BCUT2D eigenvalue weighted by atomic mass is 15.0. The summed E-state index contributed by atoms with van der Waals surface area (Å²) in [4.78, 5) is 0. The van der Waals surface area contributed by atoms with Crippen molar-refractivity contribution in [3.63, 3.8) is 0 Å². The summed E-state index contributed by atoms with van der Waals surface area (Å²) in [6.07, 6.45) is 4.64. The van der Waals surface area contributed by atoms with Crippen molar-refractivity contribution >= 4 is 10.9 Å². The average molecular weight is 383 g/mol. The van der Waals surface area contributed by atoms with Gasteiger partial charge in [-0.25, -0.2) is 0 Å². The van der Waals surface area contributed by atoms with E-state index >= 15 is 0 Å². The number of nitrogens with zero attached hydrogens (tertiary/aromatic N) is 1. The van der Waals surface area contributed by atoms with Crippen molar-refractivity contribution in [1.29, 1.82) is 0 Å². The van der Waals surface area contributed by atoms with Gasteiger partial charge in [-0.1, -0.05) is 86.1 Å². The maximum absolute atomic E-state index is 3.82. The lowest BCUT2D eigenvalue weighted by Crippen LogP contribution is -2.20. The molecular weight excluding hydrogens is 352 g/mol. The molecule has 4 aromatic rings. The van der Waals surface area contributed by atoms with Crippen molar-refractivity contribution in [3.8, 4) is 0 Å². The molecule has 0 spiro atoms. The van der Waals surface area contributed by atoms with Crippen LogP contribution < -0.4 is 5.32 Å². The zero-order valence-corrected chi connectivity index (χ0v) is 17.4. The standard InChI is InChI=1S/C27H30N2/c1-3-11-26(22-13-5-4-6-14-22)28-18-24-20-29(27-17-10-9-16-25(24)27)19-23-15-8-7-12-21(23)2/h4-10,12-17,20,26,28H,3,11,18-19H2,1-2H3/t26-/m0/s1. The van der Waals surface area contributed by atoms with Crippen LogP contribution in [0, 0.1) is 6.92 Å². The number of aryl methyl sites for hydroxylation is 1. The molecule has 4 rings (SSSR count). The minimum absolute atomic E-state index is 0.389. The number of rotatable bonds is 8. The van der Waals surface area contributed by atoms with Crippen LogP contribution in [-0.4, -0.2) is 4.57 Å². The van der Waals surface area contributed by atoms with Crippen LogP contribution in [0.15, 0.2) is 85.1 Å². The van der Waals surface area contributed by atoms with E-state index in [0.717, 1.165) is 19.5 Å². The smallest absolute Gasteiger partial charge is 0.0486 e. The second kappa shape index (κ2) is 9.11. The molecule has 0 fully saturated rings. The Morgan fingerprint density at radius 1 is 0.828 bits per heavy atom. The third kappa shape index (κ3) is 4.44. The van der Waals surface area contributed by atoms with Crippen LogP contribution in [-0.2, 0) is 13.1 Å². The van der Waals surface area contributed by atoms with Crippen molar-refractivity contribution in [1.82, 2.24) is 9.88 Å². The van der Waals surface area contributed by atoms with E-state index in [-0.39, 0.29) is 0 Å². The fourth-order valence-corrected chi connectivity index (χ4v) is 4.16. The van der Waals surface area contributed by atoms with Gasteiger partial charge in [0.1, 0.15) is 0 Å². The van der Waals surface area contributed by atoms with Crippen molar-refractivity contribution in [2.45, 2.75) is 45.8 Å². The van der Waals surface area contributed by atoms with E-state index in [1.165, 1.54) is 39.6 Å². The number of aromatic nitrogens is 1. The lowest BCUT2D eigenvalue weighted by molar-refractivity contribution is 0.494. The van der Waals surface area contributed by atoms with Gasteiger partial charge < -0.3 is 9.88 Å². The highest BCUT2D eigenvalue weighted by molar-refractivity contribution is 5.84. The van der Waals surface area contributed by atoms with Crippen LogP contribution in [0.1, 0.15) is 48.1 Å². The average Bonchev–Trinajstić information content (AvgIpc) is 3.11. The Labute approximate surface area is 174 Å². The van der Waals surface area contributed by atoms with Crippen LogP contribution in [0.3, 0.4) is 0 Å². The normalized spacial score (nSPS) is 12.3. The predicted octanol–water partition coefficient (Wildman–Crippen LogP) is 6.63. The van der Waals surface area contributed by atoms with E-state index in [1.807, 2.05) is 0 Å². The van der Waals surface area contributed by atoms with E-state index in [4.69, 9.17) is 0 Å². The largest absolute Gasteiger partial charge is 0.343 e. The number of benzene rings is 3. The van der Waals surface area contributed by atoms with Crippen LogP contribution >= 0.6 is 0 Å². The van der Waals surface area contributed by atoms with E-state index in [2.05, 4.69) is 109 Å². The summed E-state index contributed by atoms with van der Waals surface area (Å²) in [5.74, 6) is 0. The fourth-order valence-electron chi connectivity index (χ4n) is 4.16. The van der Waals surface area contributed by atoms with Crippen molar-refractivity contribution in [2.24, 2.45) is 0 Å². The summed E-state index contributed by atoms with van der Waals surface area (Å²) in [5.41, 5.74) is 6.77. The maximum atomic E-state index is 3.82. The Balaban J connectivity index is 1.60. The molecule has 1 atom stereocenters. The Bertz CT molecular complexity index is 1060. The molecule has 1 heterocycles. The number of nitrogens with one attached hydrogen (secondary N) is 1. The van der Waals surface area contributed by atoms with Crippen LogP contribution in [0.5, 0.6) is 0 Å². The summed E-state index contributed by atoms with van der Waals surface area (Å²) in [7, 11) is 0. The zero-order valence-electron chi connectivity index (χ0n) is 17.4. The van der Waals surface area contributed by atoms with Crippen molar-refractivity contribution in [2.75, 3.05) is 0 Å². The summed E-state index contributed by atoms with van der Waals surface area (Å²) >= 11 is 0. The van der Waals surface area contributed by atoms with Gasteiger partial charge in [0.15, 0.2) is 0 Å². The molecule has 3 aromatic carbocycles. The number of hydrogen-bond donors (Lipinski definition) is 1. The van der Waals surface area contributed by atoms with Crippen molar-refractivity contribution in [3.05, 3.63) is 107 Å². The van der Waals surface area contributed by atoms with Gasteiger partial charge in [-0.15, -0.1) is 0 Å². The number of hydrogen-bond acceptors (Lipinski definition) is 1. The second-order valence-corrected chi connectivity index (χ2v) is 7.86. The second-order valence-electron chi connectivity index (χ2n) is 7.86. The van der Waals surface area contributed by atoms with Gasteiger partial charge in [-0.2, -0.15) is 0 Å². The van der Waals surface area contributed by atoms with Crippen LogP contribution in [0.25, 0.3) is 10.9 Å². The molecule has 2 heteroatoms. The molecule has 148 valence electrons. The first-order valence-corrected chi connectivity index (χ1v) is 10.7. The molecule has 0 saturated heterocycles. The molecular formula is C27H30N2. The summed E-state index contributed by atoms with van der Waals surface area (Å²) < 4.78 is 2.39. The molecule has 0 aliphatic carbocycles. The highest BCUT2D eigenvalue weighted by Gasteiger charge is 2.13. The lowest BCUT2D eigenvalue weighted by atomic mass is 10.0. The molecule has 0 saturated carbocycles. The van der Waals surface area contributed by atoms with Gasteiger partial charge in [0.25, 0.3) is 0 Å². The molecule has 0 aliphatic rings. The Kier molecular flexibility index (Phi) is 6.12. The first-order chi connectivity index (χ1) is 14.3. The van der Waals surface area contributed by atoms with E-state index < -0.39 is 0 Å². The third-order valence-electron chi connectivity index (χ3n) is 5.79. The van der Waals surface area contributed by atoms with Gasteiger partial charge >= 0.3 is 0 Å². The Morgan fingerprint density at radius 3 is 2.34 bits per heavy atom. The number of fused-ring (bicyclic) bond motifs is 1. The monoisotopic (exact) mass is 382 g/mol. The topological polar surface area (TPSA) is 17.0 Å². The van der Waals surface area contributed by atoms with Gasteiger partial charge in [-0.05, 0) is 41.7 Å². The third-order valence-corrected chi connectivity index (χ3v) is 5.79. The predicted molar refractivity (Wildman–Crippen MR) is 123 cm³/mol. The van der Waals surface area contributed by atoms with Gasteiger partial charge in [0, 0.05) is 36.2 Å². The maximum Gasteiger partial charge on any atom is 0.0486 e. The summed E-state index contributed by atoms with van der Waals surface area (Å²) in [5, 5.41) is 5.16. The first-order valence-electron chi connectivity index (χ1n) is 10.7. The first kappa shape index (κ1) is 19.5. The lowest BCUT2D eigenvalue weighted by Gasteiger charge is -2.18. The molecule has 0 bridgehead atoms. The van der Waals surface area contributed by atoms with Gasteiger partial charge in [0.2, 0.25) is 0 Å². The SMILES string of the molecule is CCC[C@H](NCc1cn(Cc2ccccc2C)c2ccccc12)c1ccccc1. The van der Waals surface area contributed by atoms with E-state index in [9.17, 15) is 0 Å². The molecule has 1 aromatic heterocycles. The fraction of sp³-hybridized carbons (Fsp3) is 0.259. The highest BCUT2D eigenvalue weighted by Crippen LogP contribution is 2.25. The van der Waals surface area contributed by atoms with Crippen molar-refractivity contribution < 1.29 is 0 Å². The van der Waals surface area contributed by atoms with Gasteiger partial charge in [0.05, 0.1) is 0 Å². The van der Waals surface area contributed by atoms with Gasteiger partial charge in [-0.3, -0.25) is 0 Å². The summed E-state index contributed by atoms with van der Waals surface area (Å²) in [6, 6.07) is 28.6. The molecule has 0 unspecified atom stereocenters. The molecule has 2 nitrogen and oxygen atoms in total. The molecule has 1 N–H and O–H groups in total. The van der Waals surface area contributed by atoms with E-state index in [1.54, 1.807) is 0 Å². The minimum Gasteiger partial charge on any atom is -0.343 e. The zero-order chi connectivity index (χ0) is 20.1. The molecule has 0 aliphatic heterocycles.